The third kappa shape index (κ3) is 59.4. The fourth-order valence-corrected chi connectivity index (χ4v) is 6.47. The van der Waals surface area contributed by atoms with Crippen LogP contribution in [0, 0.1) is 59.2 Å². The standard InChI is InChI=1S/5C11H22F2/c1-9(2)5-7-11(12,13)8-6-10(3)4;2*1-9(2)6-5-7-11(12,13)8-10(3)4;2*1-9(2)7-5-6-8-11(12,13)10(3)4/h5*9-10H,5-8H2,1-4H3. The molecule has 0 heterocycles. The van der Waals surface area contributed by atoms with Crippen molar-refractivity contribution in [2.45, 2.75) is 297 Å². The van der Waals surface area contributed by atoms with Gasteiger partial charge < -0.3 is 0 Å². The van der Waals surface area contributed by atoms with E-state index in [-0.39, 0.29) is 63.2 Å². The molecule has 0 fully saturated rings. The third-order valence-electron chi connectivity index (χ3n) is 11.0. The van der Waals surface area contributed by atoms with E-state index in [1.165, 1.54) is 0 Å². The number of halogens is 10. The van der Waals surface area contributed by atoms with Crippen molar-refractivity contribution in [3.05, 3.63) is 0 Å². The predicted octanol–water partition coefficient (Wildman–Crippen LogP) is 22.5. The monoisotopic (exact) mass is 961 g/mol. The fraction of sp³-hybridized carbons (Fsp3) is 1.00. The van der Waals surface area contributed by atoms with Crippen molar-refractivity contribution in [1.29, 1.82) is 0 Å². The fourth-order valence-electron chi connectivity index (χ4n) is 6.47. The van der Waals surface area contributed by atoms with Gasteiger partial charge in [-0.15, -0.1) is 0 Å². The minimum absolute atomic E-state index is 0.0328. The molecule has 0 radical (unpaired) electrons. The normalized spacial score (nSPS) is 12.9. The van der Waals surface area contributed by atoms with E-state index in [0.717, 1.165) is 38.5 Å². The lowest BCUT2D eigenvalue weighted by atomic mass is 9.98. The lowest BCUT2D eigenvalue weighted by molar-refractivity contribution is -0.0546. The molecule has 0 saturated heterocycles. The van der Waals surface area contributed by atoms with Crippen LogP contribution in [0.25, 0.3) is 0 Å². The van der Waals surface area contributed by atoms with E-state index in [1.807, 2.05) is 55.4 Å². The Morgan fingerprint density at radius 1 is 0.231 bits per heavy atom. The van der Waals surface area contributed by atoms with Crippen LogP contribution < -0.4 is 0 Å². The van der Waals surface area contributed by atoms with E-state index in [1.54, 1.807) is 27.7 Å². The molecule has 0 aliphatic heterocycles. The van der Waals surface area contributed by atoms with Crippen molar-refractivity contribution in [3.8, 4) is 0 Å². The molecule has 0 atom stereocenters. The quantitative estimate of drug-likeness (QED) is 0.0497. The molecule has 0 rings (SSSR count). The average molecular weight is 961 g/mol. The van der Waals surface area contributed by atoms with Crippen LogP contribution in [0.5, 0.6) is 0 Å². The molecule has 0 spiro atoms. The summed E-state index contributed by atoms with van der Waals surface area (Å²) < 4.78 is 131. The summed E-state index contributed by atoms with van der Waals surface area (Å²) in [5, 5.41) is 0. The van der Waals surface area contributed by atoms with Crippen LogP contribution in [-0.2, 0) is 0 Å². The highest BCUT2D eigenvalue weighted by Gasteiger charge is 2.33. The van der Waals surface area contributed by atoms with Gasteiger partial charge in [0, 0.05) is 63.2 Å². The Morgan fingerprint density at radius 3 is 0.662 bits per heavy atom. The minimum Gasteiger partial charge on any atom is -0.207 e. The number of alkyl halides is 10. The van der Waals surface area contributed by atoms with E-state index in [2.05, 4.69) is 55.4 Å². The highest BCUT2D eigenvalue weighted by molar-refractivity contribution is 4.72. The van der Waals surface area contributed by atoms with Crippen LogP contribution in [0.3, 0.4) is 0 Å². The van der Waals surface area contributed by atoms with Crippen molar-refractivity contribution in [2.24, 2.45) is 59.2 Å². The maximum atomic E-state index is 13.1. The molecule has 0 aromatic heterocycles. The molecule has 0 unspecified atom stereocenters. The first-order valence-electron chi connectivity index (χ1n) is 26.1. The Hall–Kier alpha value is -0.700. The van der Waals surface area contributed by atoms with Gasteiger partial charge in [0.25, 0.3) is 0 Å². The summed E-state index contributed by atoms with van der Waals surface area (Å²) in [6.07, 6.45) is 10.1. The van der Waals surface area contributed by atoms with Gasteiger partial charge in [0.15, 0.2) is 0 Å². The molecule has 0 aromatic rings. The Kier molecular flexibility index (Phi) is 44.0. The van der Waals surface area contributed by atoms with Gasteiger partial charge in [0.2, 0.25) is 29.6 Å². The zero-order valence-corrected chi connectivity index (χ0v) is 46.2. The number of hydrogen-bond acceptors (Lipinski definition) is 0. The van der Waals surface area contributed by atoms with Crippen LogP contribution in [0.4, 0.5) is 43.9 Å². The van der Waals surface area contributed by atoms with E-state index >= 15 is 0 Å². The second-order valence-electron chi connectivity index (χ2n) is 23.3. The lowest BCUT2D eigenvalue weighted by Crippen LogP contribution is -2.23. The first kappa shape index (κ1) is 73.3. The molecule has 0 bridgehead atoms. The molecule has 0 nitrogen and oxygen atoms in total. The second kappa shape index (κ2) is 39.1. The van der Waals surface area contributed by atoms with E-state index in [4.69, 9.17) is 0 Å². The van der Waals surface area contributed by atoms with Gasteiger partial charge >= 0.3 is 0 Å². The zero-order valence-electron chi connectivity index (χ0n) is 46.2. The maximum Gasteiger partial charge on any atom is 0.250 e. The van der Waals surface area contributed by atoms with E-state index in [9.17, 15) is 43.9 Å². The van der Waals surface area contributed by atoms with Crippen LogP contribution in [0.1, 0.15) is 267 Å². The Labute approximate surface area is 398 Å². The van der Waals surface area contributed by atoms with Crippen LogP contribution >= 0.6 is 0 Å². The molecule has 10 heteroatoms. The van der Waals surface area contributed by atoms with Crippen molar-refractivity contribution in [2.75, 3.05) is 0 Å². The summed E-state index contributed by atoms with van der Waals surface area (Å²) in [5.74, 6) is -10.0. The van der Waals surface area contributed by atoms with Gasteiger partial charge in [-0.3, -0.25) is 0 Å². The Morgan fingerprint density at radius 2 is 0.462 bits per heavy atom. The van der Waals surface area contributed by atoms with Crippen LogP contribution in [0.2, 0.25) is 0 Å². The van der Waals surface area contributed by atoms with Crippen molar-refractivity contribution in [3.63, 3.8) is 0 Å². The topological polar surface area (TPSA) is 0 Å². The summed E-state index contributed by atoms with van der Waals surface area (Å²) in [5.41, 5.74) is 0. The highest BCUT2D eigenvalue weighted by atomic mass is 19.3. The van der Waals surface area contributed by atoms with E-state index in [0.29, 0.717) is 74.0 Å². The second-order valence-corrected chi connectivity index (χ2v) is 23.3. The Bertz CT molecular complexity index is 934. The van der Waals surface area contributed by atoms with Gasteiger partial charge in [0.05, 0.1) is 0 Å². The summed E-state index contributed by atoms with van der Waals surface area (Å²) in [6.45, 7) is 38.4. The summed E-state index contributed by atoms with van der Waals surface area (Å²) in [6, 6.07) is 0. The minimum atomic E-state index is -2.46. The molecule has 0 aliphatic rings. The predicted molar refractivity (Wildman–Crippen MR) is 265 cm³/mol. The van der Waals surface area contributed by atoms with Crippen LogP contribution in [0.15, 0.2) is 0 Å². The van der Waals surface area contributed by atoms with Gasteiger partial charge in [-0.25, -0.2) is 43.9 Å². The number of hydrogen-bond donors (Lipinski definition) is 0. The van der Waals surface area contributed by atoms with Gasteiger partial charge in [-0.1, -0.05) is 177 Å². The lowest BCUT2D eigenvalue weighted by Gasteiger charge is -2.20. The maximum absolute atomic E-state index is 13.1. The van der Waals surface area contributed by atoms with E-state index < -0.39 is 41.4 Å². The smallest absolute Gasteiger partial charge is 0.207 e. The van der Waals surface area contributed by atoms with Gasteiger partial charge in [-0.2, -0.15) is 0 Å². The van der Waals surface area contributed by atoms with Crippen molar-refractivity contribution in [1.82, 2.24) is 0 Å². The Balaban J connectivity index is -0.000000231. The molecule has 0 saturated carbocycles. The third-order valence-corrected chi connectivity index (χ3v) is 11.0. The van der Waals surface area contributed by atoms with Crippen LogP contribution in [-0.4, -0.2) is 29.6 Å². The molecule has 0 aliphatic carbocycles. The molecule has 400 valence electrons. The zero-order chi connectivity index (χ0) is 52.4. The van der Waals surface area contributed by atoms with Gasteiger partial charge in [0.1, 0.15) is 0 Å². The highest BCUT2D eigenvalue weighted by Crippen LogP contribution is 2.33. The summed E-state index contributed by atoms with van der Waals surface area (Å²) in [7, 11) is 0. The van der Waals surface area contributed by atoms with Gasteiger partial charge in [-0.05, 0) is 85.9 Å². The molecule has 65 heavy (non-hydrogen) atoms. The molecule has 0 aromatic carbocycles. The summed E-state index contributed by atoms with van der Waals surface area (Å²) in [4.78, 5) is 0. The largest absolute Gasteiger partial charge is 0.250 e. The molecule has 0 N–H and O–H groups in total. The van der Waals surface area contributed by atoms with Crippen molar-refractivity contribution >= 4 is 0 Å². The first-order chi connectivity index (χ1) is 29.2. The average Bonchev–Trinajstić information content (AvgIpc) is 3.09. The first-order valence-corrected chi connectivity index (χ1v) is 26.1. The molecule has 0 amide bonds. The molecular weight excluding hydrogens is 851 g/mol. The van der Waals surface area contributed by atoms with Crippen molar-refractivity contribution < 1.29 is 43.9 Å². The number of rotatable bonds is 30. The molecular formula is C55H110F10. The number of unbranched alkanes of at least 4 members (excludes halogenated alkanes) is 2. The summed E-state index contributed by atoms with van der Waals surface area (Å²) >= 11 is 0. The SMILES string of the molecule is CC(C)CCC(F)(F)CCC(C)C.CC(C)CCCC(F)(F)CC(C)C.CC(C)CCCC(F)(F)CC(C)C.CC(C)CCCCC(F)(F)C(C)C.CC(C)CCCCC(F)(F)C(C)C.